The van der Waals surface area contributed by atoms with Crippen molar-refractivity contribution < 1.29 is 9.84 Å². The number of aryl methyl sites for hydroxylation is 1. The first-order valence-corrected chi connectivity index (χ1v) is 9.87. The Morgan fingerprint density at radius 2 is 2.19 bits per heavy atom. The highest BCUT2D eigenvalue weighted by atomic mass is 16.5. The molecule has 1 atom stereocenters. The highest BCUT2D eigenvalue weighted by Crippen LogP contribution is 2.30. The first kappa shape index (κ1) is 18.2. The van der Waals surface area contributed by atoms with Crippen LogP contribution in [0.1, 0.15) is 35.5 Å². The number of hydrogen-bond donors (Lipinski definition) is 2. The summed E-state index contributed by atoms with van der Waals surface area (Å²) in [6, 6.07) is 8.17. The summed E-state index contributed by atoms with van der Waals surface area (Å²) in [5.41, 5.74) is 3.28. The van der Waals surface area contributed by atoms with Crippen LogP contribution in [0.2, 0.25) is 0 Å². The molecule has 3 heterocycles. The molecule has 2 aliphatic heterocycles. The molecule has 1 aromatic carbocycles. The van der Waals surface area contributed by atoms with Gasteiger partial charge in [-0.15, -0.1) is 0 Å². The van der Waals surface area contributed by atoms with E-state index in [4.69, 9.17) is 4.74 Å². The van der Waals surface area contributed by atoms with E-state index in [1.165, 1.54) is 12.0 Å². The minimum atomic E-state index is 0.294. The van der Waals surface area contributed by atoms with E-state index in [-0.39, 0.29) is 0 Å². The number of likely N-dealkylation sites (tertiary alicyclic amines) is 1. The predicted octanol–water partition coefficient (Wildman–Crippen LogP) is 2.38. The second-order valence-corrected chi connectivity index (χ2v) is 7.54. The van der Waals surface area contributed by atoms with Gasteiger partial charge in [0.2, 0.25) is 0 Å². The van der Waals surface area contributed by atoms with Gasteiger partial charge in [-0.05, 0) is 43.9 Å². The maximum atomic E-state index is 9.41. The van der Waals surface area contributed by atoms with Gasteiger partial charge in [0, 0.05) is 38.2 Å². The molecule has 0 bridgehead atoms. The molecule has 27 heavy (non-hydrogen) atoms. The van der Waals surface area contributed by atoms with E-state index < -0.39 is 0 Å². The Bertz CT molecular complexity index is 796. The average molecular weight is 368 g/mol. The number of fused-ring (bicyclic) bond motifs is 2. The molecule has 1 fully saturated rings. The van der Waals surface area contributed by atoms with Crippen LogP contribution in [0.4, 0.5) is 5.82 Å². The fourth-order valence-electron chi connectivity index (χ4n) is 4.07. The minimum Gasteiger partial charge on any atom is -0.487 e. The van der Waals surface area contributed by atoms with Crippen LogP contribution in [-0.2, 0) is 13.0 Å². The fraction of sp³-hybridized carbons (Fsp3) is 0.524. The van der Waals surface area contributed by atoms with Crippen molar-refractivity contribution in [2.75, 3.05) is 38.1 Å². The lowest BCUT2D eigenvalue weighted by atomic mass is 9.99. The molecule has 6 nitrogen and oxygen atoms in total. The molecular weight excluding hydrogens is 340 g/mol. The SMILES string of the molecule is Cc1nc2c(c(NCCN3CCCC(CO)C3)n1)Cc1ccccc1OC2. The van der Waals surface area contributed by atoms with Crippen molar-refractivity contribution in [3.8, 4) is 5.75 Å². The van der Waals surface area contributed by atoms with Gasteiger partial charge in [-0.25, -0.2) is 9.97 Å². The molecule has 1 aromatic heterocycles. The molecular formula is C21H28N4O2. The summed E-state index contributed by atoms with van der Waals surface area (Å²) in [6.07, 6.45) is 3.09. The minimum absolute atomic E-state index is 0.294. The van der Waals surface area contributed by atoms with Crippen LogP contribution in [-0.4, -0.2) is 52.8 Å². The number of nitrogens with one attached hydrogen (secondary N) is 1. The number of aromatic nitrogens is 2. The van der Waals surface area contributed by atoms with E-state index in [1.54, 1.807) is 0 Å². The number of piperidine rings is 1. The topological polar surface area (TPSA) is 70.5 Å². The molecule has 1 saturated heterocycles. The van der Waals surface area contributed by atoms with Crippen LogP contribution in [0.5, 0.6) is 5.75 Å². The Balaban J connectivity index is 1.47. The number of aliphatic hydroxyl groups is 1. The molecule has 0 aliphatic carbocycles. The Morgan fingerprint density at radius 3 is 3.07 bits per heavy atom. The van der Waals surface area contributed by atoms with E-state index >= 15 is 0 Å². The molecule has 0 spiro atoms. The molecule has 0 saturated carbocycles. The Hall–Kier alpha value is -2.18. The van der Waals surface area contributed by atoms with Gasteiger partial charge >= 0.3 is 0 Å². The quantitative estimate of drug-likeness (QED) is 0.844. The number of anilines is 1. The van der Waals surface area contributed by atoms with Gasteiger partial charge in [0.05, 0.1) is 5.69 Å². The summed E-state index contributed by atoms with van der Waals surface area (Å²) in [5, 5.41) is 13.0. The van der Waals surface area contributed by atoms with Gasteiger partial charge in [0.25, 0.3) is 0 Å². The van der Waals surface area contributed by atoms with E-state index in [0.29, 0.717) is 19.1 Å². The summed E-state index contributed by atoms with van der Waals surface area (Å²) in [4.78, 5) is 11.7. The summed E-state index contributed by atoms with van der Waals surface area (Å²) in [5.74, 6) is 3.05. The van der Waals surface area contributed by atoms with Crippen molar-refractivity contribution in [3.63, 3.8) is 0 Å². The number of rotatable bonds is 5. The maximum Gasteiger partial charge on any atom is 0.133 e. The summed E-state index contributed by atoms with van der Waals surface area (Å²) < 4.78 is 5.96. The Labute approximate surface area is 160 Å². The highest BCUT2D eigenvalue weighted by molar-refractivity contribution is 5.52. The van der Waals surface area contributed by atoms with Crippen LogP contribution in [0, 0.1) is 12.8 Å². The zero-order chi connectivity index (χ0) is 18.6. The molecule has 144 valence electrons. The van der Waals surface area contributed by atoms with Crippen molar-refractivity contribution in [1.82, 2.24) is 14.9 Å². The van der Waals surface area contributed by atoms with Crippen LogP contribution >= 0.6 is 0 Å². The van der Waals surface area contributed by atoms with Gasteiger partial charge in [0.15, 0.2) is 0 Å². The summed E-state index contributed by atoms with van der Waals surface area (Å²) >= 11 is 0. The standard InChI is InChI=1S/C21H28N4O2/c1-15-23-19-14-27-20-7-3-2-6-17(20)11-18(19)21(24-15)22-8-10-25-9-4-5-16(12-25)13-26/h2-3,6-7,16,26H,4-5,8-14H2,1H3,(H,22,23,24). The zero-order valence-corrected chi connectivity index (χ0v) is 15.9. The molecule has 2 N–H and O–H groups in total. The number of ether oxygens (including phenoxy) is 1. The number of hydrogen-bond acceptors (Lipinski definition) is 6. The van der Waals surface area contributed by atoms with Crippen molar-refractivity contribution >= 4 is 5.82 Å². The zero-order valence-electron chi connectivity index (χ0n) is 15.9. The second-order valence-electron chi connectivity index (χ2n) is 7.54. The number of benzene rings is 1. The molecule has 4 rings (SSSR count). The van der Waals surface area contributed by atoms with Gasteiger partial charge in [-0.3, -0.25) is 0 Å². The Morgan fingerprint density at radius 1 is 1.30 bits per heavy atom. The third-order valence-electron chi connectivity index (χ3n) is 5.49. The van der Waals surface area contributed by atoms with Gasteiger partial charge in [-0.2, -0.15) is 0 Å². The van der Waals surface area contributed by atoms with Crippen LogP contribution in [0.25, 0.3) is 0 Å². The molecule has 0 amide bonds. The lowest BCUT2D eigenvalue weighted by molar-refractivity contribution is 0.123. The molecule has 0 radical (unpaired) electrons. The summed E-state index contributed by atoms with van der Waals surface area (Å²) in [6.45, 7) is 6.60. The molecule has 6 heteroatoms. The van der Waals surface area contributed by atoms with Crippen LogP contribution < -0.4 is 10.1 Å². The summed E-state index contributed by atoms with van der Waals surface area (Å²) in [7, 11) is 0. The number of para-hydroxylation sites is 1. The van der Waals surface area contributed by atoms with Crippen molar-refractivity contribution in [3.05, 3.63) is 46.9 Å². The second kappa shape index (κ2) is 8.23. The van der Waals surface area contributed by atoms with Crippen molar-refractivity contribution in [1.29, 1.82) is 0 Å². The molecule has 1 unspecified atom stereocenters. The van der Waals surface area contributed by atoms with Crippen molar-refractivity contribution in [2.45, 2.75) is 32.8 Å². The van der Waals surface area contributed by atoms with E-state index in [2.05, 4.69) is 26.3 Å². The van der Waals surface area contributed by atoms with Gasteiger partial charge in [-0.1, -0.05) is 18.2 Å². The predicted molar refractivity (Wildman–Crippen MR) is 105 cm³/mol. The monoisotopic (exact) mass is 368 g/mol. The first-order valence-electron chi connectivity index (χ1n) is 9.87. The van der Waals surface area contributed by atoms with E-state index in [1.807, 2.05) is 25.1 Å². The van der Waals surface area contributed by atoms with Crippen LogP contribution in [0.3, 0.4) is 0 Å². The van der Waals surface area contributed by atoms with E-state index in [0.717, 1.165) is 67.7 Å². The molecule has 2 aromatic rings. The first-order chi connectivity index (χ1) is 13.2. The smallest absolute Gasteiger partial charge is 0.133 e. The largest absolute Gasteiger partial charge is 0.487 e. The fourth-order valence-corrected chi connectivity index (χ4v) is 4.07. The van der Waals surface area contributed by atoms with E-state index in [9.17, 15) is 5.11 Å². The van der Waals surface area contributed by atoms with Gasteiger partial charge in [0.1, 0.15) is 24.0 Å². The third kappa shape index (κ3) is 4.22. The highest BCUT2D eigenvalue weighted by Gasteiger charge is 2.21. The number of aliphatic hydroxyl groups excluding tert-OH is 1. The van der Waals surface area contributed by atoms with Crippen molar-refractivity contribution in [2.24, 2.45) is 5.92 Å². The molecule has 2 aliphatic rings. The third-order valence-corrected chi connectivity index (χ3v) is 5.49. The Kier molecular flexibility index (Phi) is 5.55. The average Bonchev–Trinajstić information content (AvgIpc) is 2.88. The van der Waals surface area contributed by atoms with Crippen LogP contribution in [0.15, 0.2) is 24.3 Å². The normalized spacial score (nSPS) is 19.6. The lowest BCUT2D eigenvalue weighted by Gasteiger charge is -2.31. The maximum absolute atomic E-state index is 9.41. The van der Waals surface area contributed by atoms with Gasteiger partial charge < -0.3 is 20.1 Å². The number of nitrogens with zero attached hydrogens (tertiary/aromatic N) is 3. The lowest BCUT2D eigenvalue weighted by Crippen LogP contribution is -2.39.